The molecule has 0 unspecified atom stereocenters. The van der Waals surface area contributed by atoms with Gasteiger partial charge in [0.1, 0.15) is 22.5 Å². The molecule has 0 saturated heterocycles. The molecular formula is C24H24N4O2S. The molecule has 0 fully saturated rings. The van der Waals surface area contributed by atoms with Crippen molar-refractivity contribution in [2.24, 2.45) is 0 Å². The van der Waals surface area contributed by atoms with Crippen LogP contribution in [0.15, 0.2) is 65.7 Å². The fraction of sp³-hybridized carbons (Fsp3) is 0.250. The first-order chi connectivity index (χ1) is 15.0. The highest BCUT2D eigenvalue weighted by Gasteiger charge is 2.16. The summed E-state index contributed by atoms with van der Waals surface area (Å²) in [5, 5.41) is 2.97. The number of hydrogen-bond acceptors (Lipinski definition) is 5. The second-order valence-corrected chi connectivity index (χ2v) is 8.52. The molecule has 7 heteroatoms. The zero-order chi connectivity index (χ0) is 21.8. The molecule has 0 radical (unpaired) electrons. The minimum atomic E-state index is -0.242. The van der Waals surface area contributed by atoms with Crippen LogP contribution in [0.5, 0.6) is 0 Å². The molecule has 2 aromatic heterocycles. The van der Waals surface area contributed by atoms with Crippen LogP contribution in [0.25, 0.3) is 21.5 Å². The predicted octanol–water partition coefficient (Wildman–Crippen LogP) is 3.97. The summed E-state index contributed by atoms with van der Waals surface area (Å²) in [5.41, 5.74) is 4.32. The van der Waals surface area contributed by atoms with Crippen molar-refractivity contribution in [2.45, 2.75) is 39.3 Å². The lowest BCUT2D eigenvalue weighted by atomic mass is 10.1. The normalized spacial score (nSPS) is 12.1. The highest BCUT2D eigenvalue weighted by atomic mass is 32.1. The Balaban J connectivity index is 1.44. The van der Waals surface area contributed by atoms with E-state index in [9.17, 15) is 9.59 Å². The van der Waals surface area contributed by atoms with Crippen LogP contribution < -0.4 is 10.9 Å². The van der Waals surface area contributed by atoms with Gasteiger partial charge >= 0.3 is 0 Å². The highest BCUT2D eigenvalue weighted by molar-refractivity contribution is 7.13. The number of carbonyl (C=O) groups excluding carboxylic acids is 1. The van der Waals surface area contributed by atoms with E-state index in [-0.39, 0.29) is 24.1 Å². The van der Waals surface area contributed by atoms with Crippen LogP contribution >= 0.6 is 11.5 Å². The first-order valence-corrected chi connectivity index (χ1v) is 11.0. The minimum Gasteiger partial charge on any atom is -0.352 e. The van der Waals surface area contributed by atoms with Gasteiger partial charge in [0.05, 0.1) is 6.33 Å². The molecule has 2 heterocycles. The maximum atomic E-state index is 12.9. The molecule has 0 saturated carbocycles. The number of nitrogens with one attached hydrogen (secondary N) is 1. The number of carbonyl (C=O) groups is 1. The SMILES string of the molecule is Cc1cccc(-c2nsc3c(=O)n(CC(=O)N[C@@H](C)CCc4ccccc4)cnc23)c1. The van der Waals surface area contributed by atoms with Crippen LogP contribution in [0.3, 0.4) is 0 Å². The lowest BCUT2D eigenvalue weighted by Crippen LogP contribution is -2.37. The fourth-order valence-corrected chi connectivity index (χ4v) is 4.33. The molecule has 4 aromatic rings. The van der Waals surface area contributed by atoms with E-state index in [1.807, 2.05) is 56.3 Å². The second-order valence-electron chi connectivity index (χ2n) is 7.75. The Kier molecular flexibility index (Phi) is 6.23. The number of amides is 1. The molecule has 158 valence electrons. The second kappa shape index (κ2) is 9.22. The van der Waals surface area contributed by atoms with Crippen LogP contribution in [0, 0.1) is 6.92 Å². The molecule has 2 aromatic carbocycles. The monoisotopic (exact) mass is 432 g/mol. The lowest BCUT2D eigenvalue weighted by Gasteiger charge is -2.14. The van der Waals surface area contributed by atoms with Crippen LogP contribution in [-0.4, -0.2) is 25.9 Å². The topological polar surface area (TPSA) is 76.9 Å². The van der Waals surface area contributed by atoms with E-state index in [0.717, 1.165) is 35.5 Å². The lowest BCUT2D eigenvalue weighted by molar-refractivity contribution is -0.122. The Bertz CT molecular complexity index is 1260. The largest absolute Gasteiger partial charge is 0.352 e. The van der Waals surface area contributed by atoms with Crippen LogP contribution in [0.1, 0.15) is 24.5 Å². The number of fused-ring (bicyclic) bond motifs is 1. The van der Waals surface area contributed by atoms with Crippen molar-refractivity contribution in [1.29, 1.82) is 0 Å². The maximum absolute atomic E-state index is 12.9. The summed E-state index contributed by atoms with van der Waals surface area (Å²) in [4.78, 5) is 29.8. The van der Waals surface area contributed by atoms with Gasteiger partial charge in [0.15, 0.2) is 0 Å². The third kappa shape index (κ3) is 4.88. The Morgan fingerprint density at radius 2 is 1.97 bits per heavy atom. The van der Waals surface area contributed by atoms with Crippen LogP contribution in [0.2, 0.25) is 0 Å². The van der Waals surface area contributed by atoms with E-state index in [0.29, 0.717) is 15.9 Å². The first kappa shape index (κ1) is 20.9. The summed E-state index contributed by atoms with van der Waals surface area (Å²) in [5.74, 6) is -0.202. The summed E-state index contributed by atoms with van der Waals surface area (Å²) < 4.78 is 6.26. The van der Waals surface area contributed by atoms with Gasteiger partial charge < -0.3 is 5.32 Å². The summed E-state index contributed by atoms with van der Waals surface area (Å²) in [6.45, 7) is 3.93. The zero-order valence-electron chi connectivity index (χ0n) is 17.5. The predicted molar refractivity (Wildman–Crippen MR) is 124 cm³/mol. The molecule has 31 heavy (non-hydrogen) atoms. The first-order valence-electron chi connectivity index (χ1n) is 10.3. The maximum Gasteiger partial charge on any atom is 0.273 e. The summed E-state index contributed by atoms with van der Waals surface area (Å²) in [7, 11) is 0. The van der Waals surface area contributed by atoms with E-state index in [1.54, 1.807) is 0 Å². The molecule has 6 nitrogen and oxygen atoms in total. The van der Waals surface area contributed by atoms with Gasteiger partial charge in [-0.15, -0.1) is 0 Å². The Morgan fingerprint density at radius 1 is 1.16 bits per heavy atom. The average Bonchev–Trinajstić information content (AvgIpc) is 3.20. The molecular weight excluding hydrogens is 408 g/mol. The number of aromatic nitrogens is 3. The Labute approximate surface area is 184 Å². The van der Waals surface area contributed by atoms with Gasteiger partial charge in [-0.05, 0) is 49.9 Å². The van der Waals surface area contributed by atoms with Crippen molar-refractivity contribution in [2.75, 3.05) is 0 Å². The summed E-state index contributed by atoms with van der Waals surface area (Å²) >= 11 is 1.12. The quantitative estimate of drug-likeness (QED) is 0.479. The number of benzene rings is 2. The minimum absolute atomic E-state index is 0.0106. The molecule has 0 aliphatic carbocycles. The van der Waals surface area contributed by atoms with Crippen molar-refractivity contribution in [3.8, 4) is 11.3 Å². The van der Waals surface area contributed by atoms with Crippen molar-refractivity contribution in [1.82, 2.24) is 19.2 Å². The molecule has 0 aliphatic heterocycles. The smallest absolute Gasteiger partial charge is 0.273 e. The van der Waals surface area contributed by atoms with Crippen molar-refractivity contribution >= 4 is 27.7 Å². The third-order valence-corrected chi connectivity index (χ3v) is 6.00. The van der Waals surface area contributed by atoms with Crippen molar-refractivity contribution in [3.63, 3.8) is 0 Å². The number of hydrogen-bond donors (Lipinski definition) is 1. The molecule has 0 bridgehead atoms. The van der Waals surface area contributed by atoms with Gasteiger partial charge in [-0.3, -0.25) is 14.2 Å². The van der Waals surface area contributed by atoms with Crippen molar-refractivity contribution < 1.29 is 4.79 Å². The van der Waals surface area contributed by atoms with Gasteiger partial charge in [-0.25, -0.2) is 4.98 Å². The standard InChI is InChI=1S/C24H24N4O2S/c1-16-7-6-10-19(13-16)21-22-23(31-27-21)24(30)28(15-25-22)14-20(29)26-17(2)11-12-18-8-4-3-5-9-18/h3-10,13,15,17H,11-12,14H2,1-2H3,(H,26,29)/t17-/m0/s1. The molecule has 1 amide bonds. The van der Waals surface area contributed by atoms with E-state index < -0.39 is 0 Å². The van der Waals surface area contributed by atoms with Gasteiger partial charge in [0, 0.05) is 11.6 Å². The van der Waals surface area contributed by atoms with Gasteiger partial charge in [0.2, 0.25) is 5.91 Å². The number of rotatable bonds is 7. The van der Waals surface area contributed by atoms with E-state index in [4.69, 9.17) is 0 Å². The summed E-state index contributed by atoms with van der Waals surface area (Å²) in [6.07, 6.45) is 3.15. The zero-order valence-corrected chi connectivity index (χ0v) is 18.4. The molecule has 1 N–H and O–H groups in total. The van der Waals surface area contributed by atoms with E-state index >= 15 is 0 Å². The number of aryl methyl sites for hydroxylation is 2. The van der Waals surface area contributed by atoms with Gasteiger partial charge in [0.25, 0.3) is 5.56 Å². The third-order valence-electron chi connectivity index (χ3n) is 5.17. The van der Waals surface area contributed by atoms with Gasteiger partial charge in [-0.2, -0.15) is 4.37 Å². The molecule has 4 rings (SSSR count). The van der Waals surface area contributed by atoms with Gasteiger partial charge in [-0.1, -0.05) is 54.1 Å². The van der Waals surface area contributed by atoms with Crippen molar-refractivity contribution in [3.05, 3.63) is 82.4 Å². The Morgan fingerprint density at radius 3 is 2.74 bits per heavy atom. The summed E-state index contributed by atoms with van der Waals surface area (Å²) in [6, 6.07) is 18.1. The van der Waals surface area contributed by atoms with E-state index in [1.165, 1.54) is 16.5 Å². The molecule has 0 spiro atoms. The van der Waals surface area contributed by atoms with Crippen LogP contribution in [-0.2, 0) is 17.8 Å². The average molecular weight is 433 g/mol. The van der Waals surface area contributed by atoms with E-state index in [2.05, 4.69) is 26.8 Å². The fourth-order valence-electron chi connectivity index (χ4n) is 3.53. The highest BCUT2D eigenvalue weighted by Crippen LogP contribution is 2.27. The van der Waals surface area contributed by atoms with Crippen LogP contribution in [0.4, 0.5) is 0 Å². The molecule has 1 atom stereocenters. The molecule has 0 aliphatic rings. The Hall–Kier alpha value is -3.32. The number of nitrogens with zero attached hydrogens (tertiary/aromatic N) is 3.